The number of carboxylic acid groups (broad SMARTS) is 1. The maximum Gasteiger partial charge on any atom is 0.323 e. The normalized spacial score (nSPS) is 25.0. The highest BCUT2D eigenvalue weighted by Crippen LogP contribution is 2.36. The number of carbonyl (C=O) groups excluding carboxylic acids is 2. The summed E-state index contributed by atoms with van der Waals surface area (Å²) in [6.45, 7) is 6.71. The number of hydrazine groups is 1. The van der Waals surface area contributed by atoms with Gasteiger partial charge >= 0.3 is 17.8 Å². The molecule has 0 spiro atoms. The molecule has 7 nitrogen and oxygen atoms in total. The van der Waals surface area contributed by atoms with Gasteiger partial charge in [0.2, 0.25) is 0 Å². The molecule has 2 saturated heterocycles. The summed E-state index contributed by atoms with van der Waals surface area (Å²) in [4.78, 5) is 36.7. The van der Waals surface area contributed by atoms with Gasteiger partial charge in [0.25, 0.3) is 0 Å². The molecule has 0 radical (unpaired) electrons. The summed E-state index contributed by atoms with van der Waals surface area (Å²) >= 11 is 0. The largest absolute Gasteiger partial charge is 0.481 e. The van der Waals surface area contributed by atoms with E-state index in [0.717, 1.165) is 24.8 Å². The Balaban J connectivity index is 1.70. The molecule has 2 aliphatic heterocycles. The Labute approximate surface area is 165 Å². The van der Waals surface area contributed by atoms with Crippen LogP contribution < -0.4 is 10.7 Å². The molecule has 0 aromatic heterocycles. The number of fused-ring (bicyclic) bond motifs is 4. The highest BCUT2D eigenvalue weighted by Gasteiger charge is 2.42. The highest BCUT2D eigenvalue weighted by molar-refractivity contribution is 6.39. The van der Waals surface area contributed by atoms with Crippen molar-refractivity contribution in [1.82, 2.24) is 10.4 Å². The van der Waals surface area contributed by atoms with E-state index in [0.29, 0.717) is 24.6 Å². The molecule has 4 rings (SSSR count). The van der Waals surface area contributed by atoms with Crippen LogP contribution in [0.5, 0.6) is 0 Å². The standard InChI is InChI=1S/C21H29N3O4/c1-21(2,3)15-6-4-5-7-16(15)22-18(25)19(26)23-24-12-13-8-10-14(20(27)28)17(24)11-9-13/h4-7,13-14,17H,8-12H2,1-3H3,(H,22,25)(H,23,26)(H,27,28). The molecule has 2 heterocycles. The number of carbonyl (C=O) groups is 3. The van der Waals surface area contributed by atoms with E-state index in [2.05, 4.69) is 10.7 Å². The van der Waals surface area contributed by atoms with Crippen molar-refractivity contribution >= 4 is 23.5 Å². The average molecular weight is 387 g/mol. The lowest BCUT2D eigenvalue weighted by Crippen LogP contribution is -2.57. The van der Waals surface area contributed by atoms with E-state index in [1.54, 1.807) is 11.1 Å². The Morgan fingerprint density at radius 1 is 1.04 bits per heavy atom. The van der Waals surface area contributed by atoms with Crippen LogP contribution in [0, 0.1) is 11.8 Å². The molecule has 2 amide bonds. The van der Waals surface area contributed by atoms with Gasteiger partial charge in [0, 0.05) is 18.3 Å². The van der Waals surface area contributed by atoms with Crippen molar-refractivity contribution in [3.8, 4) is 0 Å². The number of aliphatic carboxylic acids is 1. The van der Waals surface area contributed by atoms with E-state index in [-0.39, 0.29) is 11.5 Å². The van der Waals surface area contributed by atoms with Crippen LogP contribution >= 0.6 is 0 Å². The van der Waals surface area contributed by atoms with Gasteiger partial charge in [0.05, 0.1) is 5.92 Å². The minimum atomic E-state index is -0.838. The van der Waals surface area contributed by atoms with Crippen LogP contribution in [0.4, 0.5) is 5.69 Å². The first-order chi connectivity index (χ1) is 13.2. The molecule has 3 atom stereocenters. The molecule has 3 aliphatic rings. The Morgan fingerprint density at radius 2 is 1.71 bits per heavy atom. The molecule has 1 aromatic rings. The van der Waals surface area contributed by atoms with Crippen LogP contribution in [0.2, 0.25) is 0 Å². The van der Waals surface area contributed by atoms with Crippen LogP contribution in [0.15, 0.2) is 24.3 Å². The average Bonchev–Trinajstić information content (AvgIpc) is 2.93. The molecular weight excluding hydrogens is 358 g/mol. The van der Waals surface area contributed by atoms with E-state index in [1.165, 1.54) is 0 Å². The molecule has 1 aliphatic carbocycles. The van der Waals surface area contributed by atoms with Gasteiger partial charge < -0.3 is 10.4 Å². The number of nitrogens with zero attached hydrogens (tertiary/aromatic N) is 1. The highest BCUT2D eigenvalue weighted by atomic mass is 16.4. The third-order valence-corrected chi connectivity index (χ3v) is 5.83. The fourth-order valence-corrected chi connectivity index (χ4v) is 4.35. The predicted molar refractivity (Wildman–Crippen MR) is 105 cm³/mol. The van der Waals surface area contributed by atoms with Crippen molar-refractivity contribution in [2.45, 2.75) is 57.9 Å². The van der Waals surface area contributed by atoms with Crippen molar-refractivity contribution < 1.29 is 19.5 Å². The number of carboxylic acids is 1. The zero-order valence-electron chi connectivity index (χ0n) is 16.7. The van der Waals surface area contributed by atoms with Gasteiger partial charge in [-0.05, 0) is 48.6 Å². The Bertz CT molecular complexity index is 771. The number of rotatable bonds is 3. The van der Waals surface area contributed by atoms with E-state index < -0.39 is 23.7 Å². The summed E-state index contributed by atoms with van der Waals surface area (Å²) in [6.07, 6.45) is 3.13. The molecule has 3 N–H and O–H groups in total. The lowest BCUT2D eigenvalue weighted by Gasteiger charge is -2.38. The zero-order chi connectivity index (χ0) is 20.5. The maximum absolute atomic E-state index is 12.5. The fraction of sp³-hybridized carbons (Fsp3) is 0.571. The van der Waals surface area contributed by atoms with E-state index >= 15 is 0 Å². The van der Waals surface area contributed by atoms with E-state index in [1.807, 2.05) is 39.0 Å². The number of piperidine rings is 1. The minimum Gasteiger partial charge on any atom is -0.481 e. The second kappa shape index (κ2) is 7.91. The molecule has 3 fully saturated rings. The van der Waals surface area contributed by atoms with Crippen LogP contribution in [0.25, 0.3) is 0 Å². The number of nitrogens with one attached hydrogen (secondary N) is 2. The molecule has 1 saturated carbocycles. The number of hydrogen-bond donors (Lipinski definition) is 3. The minimum absolute atomic E-state index is 0.182. The van der Waals surface area contributed by atoms with Gasteiger partial charge in [0.15, 0.2) is 0 Å². The van der Waals surface area contributed by atoms with Gasteiger partial charge in [0.1, 0.15) is 0 Å². The monoisotopic (exact) mass is 387 g/mol. The molecule has 7 heteroatoms. The van der Waals surface area contributed by atoms with Gasteiger partial charge in [-0.2, -0.15) is 0 Å². The second-order valence-electron chi connectivity index (χ2n) is 8.88. The smallest absolute Gasteiger partial charge is 0.323 e. The Kier molecular flexibility index (Phi) is 5.74. The first-order valence-electron chi connectivity index (χ1n) is 9.87. The van der Waals surface area contributed by atoms with E-state index in [9.17, 15) is 19.5 Å². The Hall–Kier alpha value is -2.41. The number of para-hydroxylation sites is 1. The summed E-state index contributed by atoms with van der Waals surface area (Å²) in [5.41, 5.74) is 4.04. The first kappa shape index (κ1) is 20.3. The molecule has 28 heavy (non-hydrogen) atoms. The molecule has 1 aromatic carbocycles. The summed E-state index contributed by atoms with van der Waals surface area (Å²) in [7, 11) is 0. The van der Waals surface area contributed by atoms with Gasteiger partial charge in [-0.3, -0.25) is 19.8 Å². The van der Waals surface area contributed by atoms with Crippen molar-refractivity contribution in [1.29, 1.82) is 0 Å². The second-order valence-corrected chi connectivity index (χ2v) is 8.88. The predicted octanol–water partition coefficient (Wildman–Crippen LogP) is 2.53. The number of amides is 2. The topological polar surface area (TPSA) is 98.7 Å². The quantitative estimate of drug-likeness (QED) is 0.692. The van der Waals surface area contributed by atoms with Gasteiger partial charge in [-0.15, -0.1) is 0 Å². The van der Waals surface area contributed by atoms with Crippen molar-refractivity contribution in [2.75, 3.05) is 11.9 Å². The summed E-state index contributed by atoms with van der Waals surface area (Å²) < 4.78 is 0. The zero-order valence-corrected chi connectivity index (χ0v) is 16.7. The fourth-order valence-electron chi connectivity index (χ4n) is 4.35. The molecule has 3 unspecified atom stereocenters. The van der Waals surface area contributed by atoms with Crippen molar-refractivity contribution in [3.05, 3.63) is 29.8 Å². The van der Waals surface area contributed by atoms with E-state index in [4.69, 9.17) is 0 Å². The van der Waals surface area contributed by atoms with Gasteiger partial charge in [-0.25, -0.2) is 5.01 Å². The van der Waals surface area contributed by atoms with Gasteiger partial charge in [-0.1, -0.05) is 39.0 Å². The Morgan fingerprint density at radius 3 is 2.39 bits per heavy atom. The van der Waals surface area contributed by atoms with Crippen molar-refractivity contribution in [3.63, 3.8) is 0 Å². The third-order valence-electron chi connectivity index (χ3n) is 5.83. The molecular formula is C21H29N3O4. The summed E-state index contributed by atoms with van der Waals surface area (Å²) in [6, 6.07) is 7.15. The number of benzene rings is 1. The van der Waals surface area contributed by atoms with Crippen molar-refractivity contribution in [2.24, 2.45) is 11.8 Å². The van der Waals surface area contributed by atoms with Crippen LogP contribution in [-0.2, 0) is 19.8 Å². The third kappa shape index (κ3) is 4.35. The van der Waals surface area contributed by atoms with Crippen LogP contribution in [0.3, 0.4) is 0 Å². The number of anilines is 1. The molecule has 2 bridgehead atoms. The first-order valence-corrected chi connectivity index (χ1v) is 9.87. The van der Waals surface area contributed by atoms with Crippen LogP contribution in [0.1, 0.15) is 52.0 Å². The lowest BCUT2D eigenvalue weighted by atomic mass is 9.86. The lowest BCUT2D eigenvalue weighted by molar-refractivity contribution is -0.148. The summed E-state index contributed by atoms with van der Waals surface area (Å²) in [5, 5.41) is 13.9. The maximum atomic E-state index is 12.5. The van der Waals surface area contributed by atoms with Crippen LogP contribution in [-0.4, -0.2) is 40.5 Å². The number of hydrogen-bond acceptors (Lipinski definition) is 4. The summed E-state index contributed by atoms with van der Waals surface area (Å²) in [5.74, 6) is -2.51. The molecule has 152 valence electrons. The SMILES string of the molecule is CC(C)(C)c1ccccc1NC(=O)C(=O)NN1CC2CCC(C(=O)O)C1CC2.